The van der Waals surface area contributed by atoms with Gasteiger partial charge in [-0.1, -0.05) is 12.2 Å². The zero-order chi connectivity index (χ0) is 22.3. The van der Waals surface area contributed by atoms with Gasteiger partial charge >= 0.3 is 0 Å². The van der Waals surface area contributed by atoms with Crippen LogP contribution in [0.1, 0.15) is 13.3 Å². The zero-order valence-electron chi connectivity index (χ0n) is 16.9. The molecule has 0 aliphatic carbocycles. The van der Waals surface area contributed by atoms with Gasteiger partial charge in [0.25, 0.3) is 0 Å². The van der Waals surface area contributed by atoms with Gasteiger partial charge in [-0.15, -0.1) is 0 Å². The molecular weight excluding hydrogens is 414 g/mol. The third-order valence-corrected chi connectivity index (χ3v) is 4.67. The molecule has 1 aromatic carbocycles. The number of piperazine rings is 1. The van der Waals surface area contributed by atoms with Gasteiger partial charge in [-0.3, -0.25) is 9.59 Å². The van der Waals surface area contributed by atoms with E-state index >= 15 is 0 Å². The highest BCUT2D eigenvalue weighted by atomic mass is 32.1. The quantitative estimate of drug-likeness (QED) is 0.369. The number of nitrogens with one attached hydrogen (secondary N) is 3. The molecule has 5 N–H and O–H groups in total. The molecule has 11 heteroatoms. The Morgan fingerprint density at radius 1 is 1.20 bits per heavy atom. The minimum absolute atomic E-state index is 0.145. The number of halogens is 2. The number of hydrogen-bond donors (Lipinski definition) is 4. The summed E-state index contributed by atoms with van der Waals surface area (Å²) >= 11 is 4.89. The van der Waals surface area contributed by atoms with Crippen molar-refractivity contribution >= 4 is 40.4 Å². The van der Waals surface area contributed by atoms with Gasteiger partial charge in [-0.2, -0.15) is 0 Å². The molecule has 0 bridgehead atoms. The van der Waals surface area contributed by atoms with Crippen molar-refractivity contribution in [1.82, 2.24) is 15.5 Å². The Morgan fingerprint density at radius 2 is 1.80 bits per heavy atom. The van der Waals surface area contributed by atoms with Crippen LogP contribution in [-0.4, -0.2) is 61.5 Å². The summed E-state index contributed by atoms with van der Waals surface area (Å²) < 4.78 is 29.2. The zero-order valence-corrected chi connectivity index (χ0v) is 17.7. The molecule has 0 radical (unpaired) electrons. The molecule has 1 fully saturated rings. The average molecular weight is 441 g/mol. The largest absolute Gasteiger partial charge is 0.399 e. The van der Waals surface area contributed by atoms with Crippen LogP contribution >= 0.6 is 12.2 Å². The first kappa shape index (κ1) is 23.3. The molecule has 1 saturated heterocycles. The maximum absolute atomic E-state index is 14.6. The lowest BCUT2D eigenvalue weighted by molar-refractivity contribution is -0.136. The molecule has 30 heavy (non-hydrogen) atoms. The van der Waals surface area contributed by atoms with E-state index in [1.807, 2.05) is 0 Å². The van der Waals surface area contributed by atoms with Gasteiger partial charge < -0.3 is 31.5 Å². The summed E-state index contributed by atoms with van der Waals surface area (Å²) in [5.41, 5.74) is 6.28. The molecule has 0 atom stereocenters. The van der Waals surface area contributed by atoms with E-state index in [0.29, 0.717) is 17.2 Å². The minimum atomic E-state index is -0.720. The lowest BCUT2D eigenvalue weighted by Gasteiger charge is -2.36. The summed E-state index contributed by atoms with van der Waals surface area (Å²) in [6.07, 6.45) is 1.20. The van der Waals surface area contributed by atoms with Crippen LogP contribution in [0.3, 0.4) is 0 Å². The van der Waals surface area contributed by atoms with Gasteiger partial charge in [0.15, 0.2) is 11.6 Å². The summed E-state index contributed by atoms with van der Waals surface area (Å²) in [4.78, 5) is 27.1. The number of nitrogens with two attached hydrogens (primary N) is 1. The molecule has 2 amide bonds. The number of benzene rings is 1. The highest BCUT2D eigenvalue weighted by molar-refractivity contribution is 7.80. The molecule has 1 aromatic rings. The second-order valence-corrected chi connectivity index (χ2v) is 7.39. The van der Waals surface area contributed by atoms with Crippen LogP contribution in [0.15, 0.2) is 24.0 Å². The molecule has 164 valence electrons. The Morgan fingerprint density at radius 3 is 2.33 bits per heavy atom. The number of carbonyl (C=O) groups excluding carboxylic acids is 2. The number of amides is 2. The number of hydrogen-bond acceptors (Lipinski definition) is 6. The normalized spacial score (nSPS) is 14.3. The van der Waals surface area contributed by atoms with Crippen molar-refractivity contribution in [2.45, 2.75) is 13.3 Å². The smallest absolute Gasteiger partial charge is 0.232 e. The van der Waals surface area contributed by atoms with E-state index in [9.17, 15) is 18.4 Å². The van der Waals surface area contributed by atoms with E-state index in [0.717, 1.165) is 0 Å². The first-order chi connectivity index (χ1) is 14.2. The Bertz CT molecular complexity index is 817. The van der Waals surface area contributed by atoms with Crippen molar-refractivity contribution < 1.29 is 18.4 Å². The summed E-state index contributed by atoms with van der Waals surface area (Å²) in [5, 5.41) is 8.04. The minimum Gasteiger partial charge on any atom is -0.399 e. The van der Waals surface area contributed by atoms with Gasteiger partial charge in [0.1, 0.15) is 12.1 Å². The van der Waals surface area contributed by atoms with E-state index in [2.05, 4.69) is 16.0 Å². The summed E-state index contributed by atoms with van der Waals surface area (Å²) in [6, 6.07) is 2.37. The van der Waals surface area contributed by atoms with Crippen LogP contribution in [0.4, 0.5) is 20.2 Å². The van der Waals surface area contributed by atoms with E-state index in [1.165, 1.54) is 30.3 Å². The van der Waals surface area contributed by atoms with Crippen molar-refractivity contribution in [1.29, 1.82) is 0 Å². The highest BCUT2D eigenvalue weighted by Crippen LogP contribution is 2.28. The molecule has 0 spiro atoms. The van der Waals surface area contributed by atoms with Crippen molar-refractivity contribution in [3.8, 4) is 0 Å². The highest BCUT2D eigenvalue weighted by Gasteiger charge is 2.26. The van der Waals surface area contributed by atoms with Gasteiger partial charge in [0.2, 0.25) is 11.8 Å². The fourth-order valence-electron chi connectivity index (χ4n) is 2.92. The average Bonchev–Trinajstić information content (AvgIpc) is 2.70. The molecule has 0 saturated carbocycles. The van der Waals surface area contributed by atoms with Crippen molar-refractivity contribution in [2.24, 2.45) is 5.73 Å². The van der Waals surface area contributed by atoms with Crippen molar-refractivity contribution in [2.75, 3.05) is 50.0 Å². The van der Waals surface area contributed by atoms with Crippen LogP contribution in [0.2, 0.25) is 0 Å². The number of carbonyl (C=O) groups is 2. The number of anilines is 2. The maximum atomic E-state index is 14.6. The fourth-order valence-corrected chi connectivity index (χ4v) is 2.99. The van der Waals surface area contributed by atoms with Crippen LogP contribution in [0.25, 0.3) is 0 Å². The van der Waals surface area contributed by atoms with Crippen LogP contribution in [-0.2, 0) is 9.59 Å². The Balaban J connectivity index is 1.99. The molecule has 1 aliphatic heterocycles. The number of thiocarbonyl (C=S) groups is 1. The van der Waals surface area contributed by atoms with Gasteiger partial charge in [-0.05, 0) is 19.1 Å². The predicted molar refractivity (Wildman–Crippen MR) is 116 cm³/mol. The second kappa shape index (κ2) is 10.7. The number of rotatable bonds is 7. The van der Waals surface area contributed by atoms with E-state index in [4.69, 9.17) is 18.0 Å². The van der Waals surface area contributed by atoms with Gasteiger partial charge in [-0.25, -0.2) is 8.78 Å². The molecule has 1 heterocycles. The summed E-state index contributed by atoms with van der Waals surface area (Å²) in [7, 11) is 1.46. The Labute approximate surface area is 179 Å². The Kier molecular flexibility index (Phi) is 8.34. The third-order valence-electron chi connectivity index (χ3n) is 4.52. The molecule has 0 aromatic heterocycles. The fraction of sp³-hybridized carbons (Fsp3) is 0.421. The van der Waals surface area contributed by atoms with Gasteiger partial charge in [0.05, 0.1) is 11.5 Å². The van der Waals surface area contributed by atoms with Crippen LogP contribution in [0, 0.1) is 11.6 Å². The summed E-state index contributed by atoms with van der Waals surface area (Å²) in [6.45, 7) is 3.11. The predicted octanol–water partition coefficient (Wildman–Crippen LogP) is 0.898. The maximum Gasteiger partial charge on any atom is 0.232 e. The van der Waals surface area contributed by atoms with Crippen molar-refractivity contribution in [3.05, 3.63) is 35.7 Å². The molecule has 1 aliphatic rings. The molecular formula is C19H26F2N6O2S. The van der Waals surface area contributed by atoms with Crippen LogP contribution in [0.5, 0.6) is 0 Å². The second-order valence-electron chi connectivity index (χ2n) is 6.78. The standard InChI is InChI=1S/C19H26F2N6O2S/c1-12(30)24-10-13(22)11-25-14-7-15(20)19(16(21)8-14)27-5-3-26(4-6-27)18(29)9-17(28)23-2/h7-8,11,25H,3-6,9-10,22H2,1-2H3,(H,23,28)(H,24,30)/b13-11-. The van der Waals surface area contributed by atoms with E-state index < -0.39 is 11.6 Å². The molecule has 0 unspecified atom stereocenters. The topological polar surface area (TPSA) is 103 Å². The van der Waals surface area contributed by atoms with Crippen molar-refractivity contribution in [3.63, 3.8) is 0 Å². The van der Waals surface area contributed by atoms with Crippen LogP contribution < -0.4 is 26.6 Å². The SMILES string of the molecule is CNC(=O)CC(=O)N1CCN(c2c(F)cc(N/C=C(\N)CNC(C)=S)cc2F)CC1. The molecule has 2 rings (SSSR count). The first-order valence-corrected chi connectivity index (χ1v) is 9.80. The van der Waals surface area contributed by atoms with Gasteiger partial charge in [0, 0.05) is 50.8 Å². The first-order valence-electron chi connectivity index (χ1n) is 9.39. The number of nitrogens with zero attached hydrogens (tertiary/aromatic N) is 2. The third kappa shape index (κ3) is 6.55. The monoisotopic (exact) mass is 440 g/mol. The molecule has 8 nitrogen and oxygen atoms in total. The lowest BCUT2D eigenvalue weighted by atomic mass is 10.2. The lowest BCUT2D eigenvalue weighted by Crippen LogP contribution is -2.50. The van der Waals surface area contributed by atoms with E-state index in [-0.39, 0.29) is 55.8 Å². The Hall–Kier alpha value is -2.95. The summed E-state index contributed by atoms with van der Waals surface area (Å²) in [5.74, 6) is -2.12. The van der Waals surface area contributed by atoms with E-state index in [1.54, 1.807) is 11.8 Å².